The van der Waals surface area contributed by atoms with E-state index < -0.39 is 0 Å². The highest BCUT2D eigenvalue weighted by Gasteiger charge is 2.11. The van der Waals surface area contributed by atoms with Gasteiger partial charge in [-0.15, -0.1) is 0 Å². The van der Waals surface area contributed by atoms with Gasteiger partial charge in [0, 0.05) is 25.8 Å². The number of aromatic nitrogens is 2. The molecule has 2 aromatic heterocycles. The lowest BCUT2D eigenvalue weighted by atomic mass is 10.1. The van der Waals surface area contributed by atoms with Gasteiger partial charge in [0.05, 0.1) is 5.39 Å². The highest BCUT2D eigenvalue weighted by atomic mass is 16.5. The normalized spacial score (nSPS) is 10.9. The van der Waals surface area contributed by atoms with Crippen LogP contribution >= 0.6 is 0 Å². The van der Waals surface area contributed by atoms with Crippen molar-refractivity contribution in [1.82, 2.24) is 10.1 Å². The largest absolute Gasteiger partial charge is 0.385 e. The molecule has 0 bridgehead atoms. The SMILES string of the molecule is COCCCNc1ccc2c(-c3ccccc3)noc2n1. The smallest absolute Gasteiger partial charge is 0.260 e. The molecule has 5 nitrogen and oxygen atoms in total. The highest BCUT2D eigenvalue weighted by Crippen LogP contribution is 2.27. The van der Waals surface area contributed by atoms with Gasteiger partial charge in [0.15, 0.2) is 0 Å². The summed E-state index contributed by atoms with van der Waals surface area (Å²) < 4.78 is 10.4. The number of nitrogens with one attached hydrogen (secondary N) is 1. The van der Waals surface area contributed by atoms with Crippen LogP contribution in [0.1, 0.15) is 6.42 Å². The van der Waals surface area contributed by atoms with Gasteiger partial charge in [-0.25, -0.2) is 0 Å². The first-order valence-electron chi connectivity index (χ1n) is 6.93. The van der Waals surface area contributed by atoms with Gasteiger partial charge in [0.2, 0.25) is 0 Å². The Labute approximate surface area is 122 Å². The average Bonchev–Trinajstić information content (AvgIpc) is 2.95. The third-order valence-electron chi connectivity index (χ3n) is 3.22. The molecule has 3 rings (SSSR count). The Morgan fingerprint density at radius 1 is 1.14 bits per heavy atom. The molecule has 0 fully saturated rings. The Morgan fingerprint density at radius 3 is 2.81 bits per heavy atom. The minimum absolute atomic E-state index is 0.547. The van der Waals surface area contributed by atoms with E-state index in [0.717, 1.165) is 42.0 Å². The number of methoxy groups -OCH3 is 1. The van der Waals surface area contributed by atoms with Crippen molar-refractivity contribution in [2.75, 3.05) is 25.6 Å². The number of rotatable bonds is 6. The molecular formula is C16H17N3O2. The molecule has 5 heteroatoms. The molecule has 0 saturated carbocycles. The summed E-state index contributed by atoms with van der Waals surface area (Å²) in [6.45, 7) is 1.54. The molecule has 0 amide bonds. The molecule has 0 saturated heterocycles. The Bertz CT molecular complexity index is 710. The minimum atomic E-state index is 0.547. The Morgan fingerprint density at radius 2 is 2.00 bits per heavy atom. The van der Waals surface area contributed by atoms with E-state index in [1.165, 1.54) is 0 Å². The van der Waals surface area contributed by atoms with E-state index in [4.69, 9.17) is 9.26 Å². The Hall–Kier alpha value is -2.40. The minimum Gasteiger partial charge on any atom is -0.385 e. The number of fused-ring (bicyclic) bond motifs is 1. The van der Waals surface area contributed by atoms with Crippen LogP contribution in [0.15, 0.2) is 47.0 Å². The molecule has 0 aliphatic rings. The third-order valence-corrected chi connectivity index (χ3v) is 3.22. The van der Waals surface area contributed by atoms with E-state index in [0.29, 0.717) is 5.71 Å². The maximum absolute atomic E-state index is 5.35. The standard InChI is InChI=1S/C16H17N3O2/c1-20-11-5-10-17-14-9-8-13-15(19-21-16(13)18-14)12-6-3-2-4-7-12/h2-4,6-9H,5,10-11H2,1H3,(H,17,18). The fraction of sp³-hybridized carbons (Fsp3) is 0.250. The van der Waals surface area contributed by atoms with Gasteiger partial charge in [-0.05, 0) is 18.6 Å². The van der Waals surface area contributed by atoms with Crippen molar-refractivity contribution in [3.8, 4) is 11.3 Å². The summed E-state index contributed by atoms with van der Waals surface area (Å²) in [7, 11) is 1.70. The van der Waals surface area contributed by atoms with E-state index in [1.54, 1.807) is 7.11 Å². The van der Waals surface area contributed by atoms with Crippen molar-refractivity contribution in [3.63, 3.8) is 0 Å². The molecule has 1 aromatic carbocycles. The van der Waals surface area contributed by atoms with Crippen molar-refractivity contribution in [2.24, 2.45) is 0 Å². The van der Waals surface area contributed by atoms with Gasteiger partial charge in [-0.1, -0.05) is 35.5 Å². The van der Waals surface area contributed by atoms with Gasteiger partial charge >= 0.3 is 0 Å². The fourth-order valence-corrected chi connectivity index (χ4v) is 2.16. The van der Waals surface area contributed by atoms with Crippen molar-refractivity contribution in [3.05, 3.63) is 42.5 Å². The molecule has 0 unspecified atom stereocenters. The number of benzene rings is 1. The highest BCUT2D eigenvalue weighted by molar-refractivity contribution is 5.90. The number of pyridine rings is 1. The zero-order valence-corrected chi connectivity index (χ0v) is 11.9. The van der Waals surface area contributed by atoms with E-state index in [1.807, 2.05) is 42.5 Å². The predicted octanol–water partition coefficient (Wildman–Crippen LogP) is 3.34. The number of hydrogen-bond donors (Lipinski definition) is 1. The van der Waals surface area contributed by atoms with Gasteiger partial charge in [0.25, 0.3) is 5.71 Å². The van der Waals surface area contributed by atoms with Crippen molar-refractivity contribution in [1.29, 1.82) is 0 Å². The maximum Gasteiger partial charge on any atom is 0.260 e. The summed E-state index contributed by atoms with van der Waals surface area (Å²) in [5, 5.41) is 8.29. The van der Waals surface area contributed by atoms with E-state index >= 15 is 0 Å². The van der Waals surface area contributed by atoms with Crippen LogP contribution < -0.4 is 5.32 Å². The molecule has 0 spiro atoms. The first-order chi connectivity index (χ1) is 10.4. The summed E-state index contributed by atoms with van der Waals surface area (Å²) >= 11 is 0. The summed E-state index contributed by atoms with van der Waals surface area (Å²) in [5.41, 5.74) is 2.40. The van der Waals surface area contributed by atoms with Crippen LogP contribution in [0.3, 0.4) is 0 Å². The summed E-state index contributed by atoms with van der Waals surface area (Å²) in [5.74, 6) is 0.786. The van der Waals surface area contributed by atoms with Crippen LogP contribution in [0.4, 0.5) is 5.82 Å². The van der Waals surface area contributed by atoms with Crippen LogP contribution in [0.25, 0.3) is 22.4 Å². The maximum atomic E-state index is 5.35. The van der Waals surface area contributed by atoms with Gasteiger partial charge in [0.1, 0.15) is 11.5 Å². The number of nitrogens with zero attached hydrogens (tertiary/aromatic N) is 2. The molecular weight excluding hydrogens is 266 g/mol. The second kappa shape index (κ2) is 6.37. The van der Waals surface area contributed by atoms with Gasteiger partial charge in [-0.3, -0.25) is 0 Å². The number of anilines is 1. The third kappa shape index (κ3) is 3.03. The Kier molecular flexibility index (Phi) is 4.12. The molecule has 3 aromatic rings. The molecule has 0 radical (unpaired) electrons. The monoisotopic (exact) mass is 283 g/mol. The van der Waals surface area contributed by atoms with E-state index in [9.17, 15) is 0 Å². The summed E-state index contributed by atoms with van der Waals surface area (Å²) in [6, 6.07) is 13.9. The lowest BCUT2D eigenvalue weighted by Gasteiger charge is -2.04. The van der Waals surface area contributed by atoms with Crippen molar-refractivity contribution < 1.29 is 9.26 Å². The topological polar surface area (TPSA) is 60.2 Å². The number of ether oxygens (including phenoxy) is 1. The van der Waals surface area contributed by atoms with Crippen LogP contribution in [-0.2, 0) is 4.74 Å². The number of hydrogen-bond acceptors (Lipinski definition) is 5. The second-order valence-electron chi connectivity index (χ2n) is 4.72. The van der Waals surface area contributed by atoms with Gasteiger partial charge in [-0.2, -0.15) is 4.98 Å². The zero-order valence-electron chi connectivity index (χ0n) is 11.9. The molecule has 21 heavy (non-hydrogen) atoms. The van der Waals surface area contributed by atoms with Crippen molar-refractivity contribution >= 4 is 16.9 Å². The first-order valence-corrected chi connectivity index (χ1v) is 6.93. The Balaban J connectivity index is 1.81. The van der Waals surface area contributed by atoms with Crippen molar-refractivity contribution in [2.45, 2.75) is 6.42 Å². The molecule has 108 valence electrons. The fourth-order valence-electron chi connectivity index (χ4n) is 2.16. The second-order valence-corrected chi connectivity index (χ2v) is 4.72. The van der Waals surface area contributed by atoms with Crippen LogP contribution in [0.2, 0.25) is 0 Å². The average molecular weight is 283 g/mol. The van der Waals surface area contributed by atoms with Gasteiger partial charge < -0.3 is 14.6 Å². The quantitative estimate of drug-likeness (QED) is 0.703. The van der Waals surface area contributed by atoms with E-state index in [-0.39, 0.29) is 0 Å². The lowest BCUT2D eigenvalue weighted by Crippen LogP contribution is -2.05. The van der Waals surface area contributed by atoms with Crippen LogP contribution in [-0.4, -0.2) is 30.4 Å². The van der Waals surface area contributed by atoms with E-state index in [2.05, 4.69) is 15.5 Å². The lowest BCUT2D eigenvalue weighted by molar-refractivity contribution is 0.198. The van der Waals surface area contributed by atoms with Crippen LogP contribution in [0, 0.1) is 0 Å². The summed E-state index contributed by atoms with van der Waals surface area (Å²) in [4.78, 5) is 4.44. The predicted molar refractivity (Wildman–Crippen MR) is 82.2 cm³/mol. The molecule has 0 aliphatic carbocycles. The summed E-state index contributed by atoms with van der Waals surface area (Å²) in [6.07, 6.45) is 0.932. The molecule has 2 heterocycles. The molecule has 0 atom stereocenters. The molecule has 1 N–H and O–H groups in total. The first kappa shape index (κ1) is 13.6. The van der Waals surface area contributed by atoms with Crippen LogP contribution in [0.5, 0.6) is 0 Å². The molecule has 0 aliphatic heterocycles. The zero-order chi connectivity index (χ0) is 14.5.